The molecular weight excluding hydrogens is 737 g/mol. The van der Waals surface area contributed by atoms with Crippen LogP contribution < -0.4 is 34.9 Å². The van der Waals surface area contributed by atoms with Gasteiger partial charge < -0.3 is 40.6 Å². The Morgan fingerprint density at radius 3 is 1.33 bits per heavy atom. The van der Waals surface area contributed by atoms with Gasteiger partial charge in [0, 0.05) is 54.8 Å². The van der Waals surface area contributed by atoms with Gasteiger partial charge >= 0.3 is 41.7 Å². The molecule has 0 aromatic rings. The van der Waals surface area contributed by atoms with Crippen LogP contribution in [0.15, 0.2) is 0 Å². The Bertz CT molecular complexity index is 1010. The molecule has 52 heavy (non-hydrogen) atoms. The summed E-state index contributed by atoms with van der Waals surface area (Å²) in [5, 5.41) is 14.4. The molecule has 2 amide bonds. The number of carbonyl (C=O) groups is 2. The molecule has 0 spiro atoms. The molecule has 0 aliphatic carbocycles. The van der Waals surface area contributed by atoms with Crippen LogP contribution in [-0.4, -0.2) is 111 Å². The van der Waals surface area contributed by atoms with Crippen molar-refractivity contribution in [2.75, 3.05) is 18.5 Å². The molecule has 12 heteroatoms. The van der Waals surface area contributed by atoms with Crippen molar-refractivity contribution in [3.8, 4) is 0 Å². The van der Waals surface area contributed by atoms with Crippen LogP contribution in [0.25, 0.3) is 0 Å². The molecule has 9 atom stereocenters. The van der Waals surface area contributed by atoms with Crippen LogP contribution in [0.5, 0.6) is 0 Å². The summed E-state index contributed by atoms with van der Waals surface area (Å²) in [4.78, 5) is 28.1. The maximum atomic E-state index is 12.3. The number of aliphatic hydroxyl groups excluding tert-OH is 1. The number of amides is 2. The number of piperidine rings is 3. The van der Waals surface area contributed by atoms with Crippen LogP contribution in [0, 0.1) is 0 Å². The fourth-order valence-corrected chi connectivity index (χ4v) is 8.35. The van der Waals surface area contributed by atoms with Crippen molar-refractivity contribution >= 4 is 28.1 Å². The predicted octanol–water partition coefficient (Wildman–Crippen LogP) is 5.86. The van der Waals surface area contributed by atoms with Crippen molar-refractivity contribution in [2.45, 2.75) is 224 Å². The Labute approximate surface area is 348 Å². The number of hydrogen-bond acceptors (Lipinski definition) is 8. The van der Waals surface area contributed by atoms with Crippen molar-refractivity contribution in [3.63, 3.8) is 0 Å². The predicted molar refractivity (Wildman–Crippen MR) is 209 cm³/mol. The van der Waals surface area contributed by atoms with Gasteiger partial charge in [-0.15, -0.1) is 0 Å². The molecule has 10 nitrogen and oxygen atoms in total. The largest absolute Gasteiger partial charge is 1.00 e. The van der Waals surface area contributed by atoms with E-state index in [0.29, 0.717) is 37.1 Å². The van der Waals surface area contributed by atoms with Gasteiger partial charge in [0.25, 0.3) is 0 Å². The van der Waals surface area contributed by atoms with E-state index < -0.39 is 11.2 Å². The normalized spacial score (nSPS) is 31.5. The summed E-state index contributed by atoms with van der Waals surface area (Å²) in [6.45, 7) is 19.6. The van der Waals surface area contributed by atoms with Gasteiger partial charge in [-0.25, -0.2) is 9.59 Å². The third-order valence-corrected chi connectivity index (χ3v) is 11.1. The summed E-state index contributed by atoms with van der Waals surface area (Å²) < 4.78 is 22.6. The summed E-state index contributed by atoms with van der Waals surface area (Å²) >= 11 is 3.25. The molecule has 6 aliphatic heterocycles. The maximum Gasteiger partial charge on any atom is 1.00 e. The Kier molecular flexibility index (Phi) is 21.4. The topological polar surface area (TPSA) is 110 Å². The number of nitrogens with zero attached hydrogens (tertiary/aromatic N) is 2. The zero-order valence-corrected chi connectivity index (χ0v) is 38.2. The Hall–Kier alpha value is -0.140. The van der Waals surface area contributed by atoms with E-state index in [1.807, 2.05) is 51.3 Å². The Morgan fingerprint density at radius 1 is 0.654 bits per heavy atom. The minimum atomic E-state index is -0.438. The first-order valence-corrected chi connectivity index (χ1v) is 21.4. The minimum Gasteiger partial charge on any atom is -1.00 e. The summed E-state index contributed by atoms with van der Waals surface area (Å²) in [5.41, 5.74) is -0.849. The van der Waals surface area contributed by atoms with E-state index in [-0.39, 0.29) is 61.4 Å². The molecule has 0 radical (unpaired) electrons. The monoisotopic (exact) mass is 811 g/mol. The fraction of sp³-hybridized carbons (Fsp3) is 0.950. The Balaban J connectivity index is 0.000000378. The molecule has 6 unspecified atom stereocenters. The third-order valence-electron chi connectivity index (χ3n) is 10.3. The molecule has 6 saturated heterocycles. The maximum absolute atomic E-state index is 12.3. The molecule has 6 bridgehead atoms. The second-order valence-electron chi connectivity index (χ2n) is 17.4. The van der Waals surface area contributed by atoms with Gasteiger partial charge in [-0.3, -0.25) is 0 Å². The van der Waals surface area contributed by atoms with Gasteiger partial charge in [0.15, 0.2) is 0 Å². The van der Waals surface area contributed by atoms with Gasteiger partial charge in [0.1, 0.15) is 11.2 Å². The summed E-state index contributed by atoms with van der Waals surface area (Å²) in [6, 6.07) is 2.54. The molecule has 0 aromatic heterocycles. The van der Waals surface area contributed by atoms with Crippen LogP contribution in [0.2, 0.25) is 0 Å². The van der Waals surface area contributed by atoms with E-state index in [1.165, 1.54) is 32.1 Å². The molecule has 6 rings (SSSR count). The number of ether oxygens (including phenoxy) is 4. The quantitative estimate of drug-likeness (QED) is 0.244. The van der Waals surface area contributed by atoms with E-state index in [4.69, 9.17) is 18.9 Å². The summed E-state index contributed by atoms with van der Waals surface area (Å²) in [7, 11) is 0. The second kappa shape index (κ2) is 23.2. The van der Waals surface area contributed by atoms with Crippen molar-refractivity contribution in [1.82, 2.24) is 15.1 Å². The summed E-state index contributed by atoms with van der Waals surface area (Å²) in [6.07, 6.45) is 16.5. The number of halogens is 1. The van der Waals surface area contributed by atoms with Crippen LogP contribution in [-0.2, 0) is 18.9 Å². The first kappa shape index (κ1) is 48.0. The zero-order valence-electron chi connectivity index (χ0n) is 35.6. The van der Waals surface area contributed by atoms with Crippen LogP contribution >= 0.6 is 15.9 Å². The van der Waals surface area contributed by atoms with Gasteiger partial charge in [-0.2, -0.15) is 0 Å². The second-order valence-corrected chi connectivity index (χ2v) is 18.2. The van der Waals surface area contributed by atoms with Crippen molar-refractivity contribution in [3.05, 3.63) is 0 Å². The number of carbonyl (C=O) groups excluding carboxylic acids is 2. The fourth-order valence-electron chi connectivity index (χ4n) is 8.35. The minimum absolute atomic E-state index is 0. The standard InChI is InChI=1S/C15H27NO3.C12H21NO3.C10H19NO.C3H7Br.Na.H/c1-5-8-18-13-9-11-6-7-12(10-13)16(11)14(17)19-15(2,3)4;1-12(2,3)16-11(15)13-8-4-5-9(13)7-10(14)6-8;1-2-5-12-10-6-8-3-4-9(7-10)11-8;1-2-3-4;;/h11-13H,5-10H2,1-4H3;8-10,14H,4-7H2,1-3H3;8-11H,2-7H2,1H3;2-3H2,1H3;;/q;;;;+1;-1/t11-,12?,13?;2*8-,9?,10?;;;/m000.../s1. The number of rotatable bonds is 7. The first-order valence-electron chi connectivity index (χ1n) is 20.3. The van der Waals surface area contributed by atoms with E-state index in [0.717, 1.165) is 82.0 Å². The Morgan fingerprint density at radius 2 is 1.00 bits per heavy atom. The van der Waals surface area contributed by atoms with Gasteiger partial charge in [0.2, 0.25) is 0 Å². The molecule has 6 fully saturated rings. The number of alkyl halides is 1. The molecule has 300 valence electrons. The summed E-state index contributed by atoms with van der Waals surface area (Å²) in [5.74, 6) is 0. The number of nitrogens with one attached hydrogen (secondary N) is 1. The molecule has 0 aromatic carbocycles. The molecular formula is C40H75BrN3NaO7. The average molecular weight is 813 g/mol. The van der Waals surface area contributed by atoms with Gasteiger partial charge in [0.05, 0.1) is 18.3 Å². The average Bonchev–Trinajstić information content (AvgIpc) is 3.64. The van der Waals surface area contributed by atoms with Gasteiger partial charge in [-0.1, -0.05) is 36.7 Å². The molecule has 6 heterocycles. The SMILES string of the molecule is CC(C)(C)OC(=O)N1C2CC[C@H]1CC(O)C2.CCCBr.CCCOC1CC2CC[C@@H](C1)N2.CCCOC1CC2CC[C@@H](C1)N2C(=O)OC(C)(C)C.[H-].[Na+]. The molecule has 0 saturated carbocycles. The van der Waals surface area contributed by atoms with Crippen molar-refractivity contribution in [2.24, 2.45) is 0 Å². The smallest absolute Gasteiger partial charge is 1.00 e. The van der Waals surface area contributed by atoms with Crippen molar-refractivity contribution < 1.29 is 64.6 Å². The van der Waals surface area contributed by atoms with Gasteiger partial charge in [-0.05, 0) is 138 Å². The molecule has 2 N–H and O–H groups in total. The van der Waals surface area contributed by atoms with E-state index >= 15 is 0 Å². The van der Waals surface area contributed by atoms with Crippen LogP contribution in [0.4, 0.5) is 9.59 Å². The third kappa shape index (κ3) is 16.1. The number of hydrogen-bond donors (Lipinski definition) is 2. The number of fused-ring (bicyclic) bond motifs is 6. The first-order chi connectivity index (χ1) is 24.1. The van der Waals surface area contributed by atoms with Crippen LogP contribution in [0.3, 0.4) is 0 Å². The van der Waals surface area contributed by atoms with Crippen LogP contribution in [0.1, 0.15) is 160 Å². The van der Waals surface area contributed by atoms with E-state index in [9.17, 15) is 14.7 Å². The van der Waals surface area contributed by atoms with E-state index in [1.54, 1.807) is 0 Å². The number of aliphatic hydroxyl groups is 1. The molecule has 6 aliphatic rings. The van der Waals surface area contributed by atoms with Crippen molar-refractivity contribution in [1.29, 1.82) is 0 Å². The van der Waals surface area contributed by atoms with E-state index in [2.05, 4.69) is 42.0 Å². The zero-order chi connectivity index (χ0) is 37.8.